The zero-order valence-electron chi connectivity index (χ0n) is 11.1. The number of hydrogen-bond donors (Lipinski definition) is 2. The molecule has 3 heterocycles. The molecule has 8 nitrogen and oxygen atoms in total. The third kappa shape index (κ3) is 2.71. The lowest BCUT2D eigenvalue weighted by Gasteiger charge is -2.07. The molecular formula is C12H12ClN7O. The lowest BCUT2D eigenvalue weighted by atomic mass is 10.4. The van der Waals surface area contributed by atoms with Crippen LogP contribution in [0.15, 0.2) is 24.7 Å². The predicted octanol–water partition coefficient (Wildman–Crippen LogP) is 1.28. The zero-order chi connectivity index (χ0) is 14.8. The Bertz CT molecular complexity index is 788. The summed E-state index contributed by atoms with van der Waals surface area (Å²) >= 11 is 5.85. The van der Waals surface area contributed by atoms with Gasteiger partial charge in [-0.2, -0.15) is 5.10 Å². The van der Waals surface area contributed by atoms with Crippen molar-refractivity contribution >= 4 is 28.5 Å². The van der Waals surface area contributed by atoms with Crippen LogP contribution in [0.3, 0.4) is 0 Å². The Kier molecular flexibility index (Phi) is 3.55. The number of nitrogen functional groups attached to an aromatic ring is 1. The molecule has 0 unspecified atom stereocenters. The molecule has 21 heavy (non-hydrogen) atoms. The van der Waals surface area contributed by atoms with E-state index in [9.17, 15) is 0 Å². The van der Waals surface area contributed by atoms with Crippen LogP contribution in [0, 0.1) is 0 Å². The Balaban J connectivity index is 1.88. The maximum atomic E-state index is 5.85. The molecular weight excluding hydrogens is 294 g/mol. The molecule has 0 saturated heterocycles. The first-order valence-corrected chi connectivity index (χ1v) is 6.44. The number of hydrazine groups is 1. The quantitative estimate of drug-likeness (QED) is 0.552. The van der Waals surface area contributed by atoms with Gasteiger partial charge in [0.25, 0.3) is 0 Å². The zero-order valence-corrected chi connectivity index (χ0v) is 11.9. The number of nitrogens with one attached hydrogen (secondary N) is 1. The topological polar surface area (TPSA) is 104 Å². The molecule has 3 rings (SSSR count). The van der Waals surface area contributed by atoms with Crippen molar-refractivity contribution in [3.63, 3.8) is 0 Å². The molecule has 0 aromatic carbocycles. The van der Waals surface area contributed by atoms with Gasteiger partial charge >= 0.3 is 0 Å². The summed E-state index contributed by atoms with van der Waals surface area (Å²) in [5.41, 5.74) is 3.20. The predicted molar refractivity (Wildman–Crippen MR) is 77.7 cm³/mol. The molecule has 0 saturated carbocycles. The third-order valence-corrected chi connectivity index (χ3v) is 3.03. The van der Waals surface area contributed by atoms with Crippen molar-refractivity contribution in [3.8, 4) is 5.75 Å². The number of ether oxygens (including phenoxy) is 1. The number of anilines is 1. The van der Waals surface area contributed by atoms with E-state index in [1.54, 1.807) is 30.2 Å². The van der Waals surface area contributed by atoms with Crippen molar-refractivity contribution in [1.29, 1.82) is 0 Å². The summed E-state index contributed by atoms with van der Waals surface area (Å²) in [7, 11) is 1.79. The molecule has 0 spiro atoms. The molecule has 0 bridgehead atoms. The third-order valence-electron chi connectivity index (χ3n) is 2.82. The summed E-state index contributed by atoms with van der Waals surface area (Å²) in [5, 5.41) is 5.37. The number of nitrogens with zero attached hydrogens (tertiary/aromatic N) is 5. The maximum Gasteiger partial charge on any atom is 0.170 e. The minimum absolute atomic E-state index is 0.165. The Hall–Kier alpha value is -2.45. The van der Waals surface area contributed by atoms with Crippen molar-refractivity contribution in [2.45, 2.75) is 6.61 Å². The monoisotopic (exact) mass is 305 g/mol. The summed E-state index contributed by atoms with van der Waals surface area (Å²) < 4.78 is 7.21. The molecule has 0 fully saturated rings. The largest absolute Gasteiger partial charge is 0.484 e. The Morgan fingerprint density at radius 1 is 1.33 bits per heavy atom. The minimum Gasteiger partial charge on any atom is -0.484 e. The number of halogens is 1. The Morgan fingerprint density at radius 2 is 2.19 bits per heavy atom. The van der Waals surface area contributed by atoms with Crippen molar-refractivity contribution in [2.75, 3.05) is 5.43 Å². The van der Waals surface area contributed by atoms with E-state index in [0.717, 1.165) is 5.39 Å². The SMILES string of the molecule is Cn1ncc2c(NN)nc(COc3cncc(Cl)c3)nc21. The first kappa shape index (κ1) is 13.5. The van der Waals surface area contributed by atoms with Crippen LogP contribution >= 0.6 is 11.6 Å². The fourth-order valence-corrected chi connectivity index (χ4v) is 2.02. The first-order chi connectivity index (χ1) is 10.2. The van der Waals surface area contributed by atoms with Gasteiger partial charge in [-0.3, -0.25) is 9.67 Å². The molecule has 3 aromatic rings. The van der Waals surface area contributed by atoms with Crippen molar-refractivity contribution in [1.82, 2.24) is 24.7 Å². The number of hydrogen-bond acceptors (Lipinski definition) is 7. The minimum atomic E-state index is 0.165. The lowest BCUT2D eigenvalue weighted by molar-refractivity contribution is 0.295. The lowest BCUT2D eigenvalue weighted by Crippen LogP contribution is -2.12. The number of aromatic nitrogens is 5. The van der Waals surface area contributed by atoms with Crippen molar-refractivity contribution in [3.05, 3.63) is 35.5 Å². The highest BCUT2D eigenvalue weighted by Crippen LogP contribution is 2.20. The van der Waals surface area contributed by atoms with Gasteiger partial charge in [-0.25, -0.2) is 15.8 Å². The molecule has 0 atom stereocenters. The Morgan fingerprint density at radius 3 is 2.95 bits per heavy atom. The standard InChI is InChI=1S/C12H12ClN7O/c1-20-12-9(5-16-20)11(19-14)17-10(18-12)6-21-8-2-7(13)3-15-4-8/h2-5H,6,14H2,1H3,(H,17,18,19). The van der Waals surface area contributed by atoms with Gasteiger partial charge in [0, 0.05) is 19.3 Å². The average molecular weight is 306 g/mol. The van der Waals surface area contributed by atoms with Gasteiger partial charge in [0.1, 0.15) is 12.4 Å². The van der Waals surface area contributed by atoms with Crippen LogP contribution in [0.25, 0.3) is 11.0 Å². The van der Waals surface area contributed by atoms with Gasteiger partial charge in [-0.05, 0) is 0 Å². The summed E-state index contributed by atoms with van der Waals surface area (Å²) in [6, 6.07) is 1.67. The number of nitrogens with two attached hydrogens (primary N) is 1. The van der Waals surface area contributed by atoms with Crippen LogP contribution in [0.1, 0.15) is 5.82 Å². The molecule has 108 valence electrons. The fraction of sp³-hybridized carbons (Fsp3) is 0.167. The van der Waals surface area contributed by atoms with Gasteiger partial charge in [-0.1, -0.05) is 11.6 Å². The van der Waals surface area contributed by atoms with Crippen molar-refractivity contribution in [2.24, 2.45) is 12.9 Å². The van der Waals surface area contributed by atoms with Crippen LogP contribution in [0.4, 0.5) is 5.82 Å². The normalized spacial score (nSPS) is 10.8. The van der Waals surface area contributed by atoms with Crippen LogP contribution in [0.5, 0.6) is 5.75 Å². The van der Waals surface area contributed by atoms with E-state index in [0.29, 0.717) is 28.1 Å². The highest BCUT2D eigenvalue weighted by molar-refractivity contribution is 6.30. The molecule has 0 aliphatic rings. The molecule has 0 amide bonds. The summed E-state index contributed by atoms with van der Waals surface area (Å²) in [6.07, 6.45) is 4.75. The van der Waals surface area contributed by atoms with E-state index in [2.05, 4.69) is 25.5 Å². The van der Waals surface area contributed by atoms with Crippen LogP contribution in [-0.4, -0.2) is 24.7 Å². The number of pyridine rings is 1. The molecule has 0 aliphatic carbocycles. The molecule has 9 heteroatoms. The second kappa shape index (κ2) is 5.51. The number of aryl methyl sites for hydroxylation is 1. The molecule has 0 aliphatic heterocycles. The van der Waals surface area contributed by atoms with E-state index < -0.39 is 0 Å². The van der Waals surface area contributed by atoms with Crippen molar-refractivity contribution < 1.29 is 4.74 Å². The Labute approximate surface area is 124 Å². The van der Waals surface area contributed by atoms with E-state index in [1.165, 1.54) is 6.20 Å². The van der Waals surface area contributed by atoms with E-state index in [-0.39, 0.29) is 6.61 Å². The van der Waals surface area contributed by atoms with Gasteiger partial charge in [-0.15, -0.1) is 0 Å². The van der Waals surface area contributed by atoms with Gasteiger partial charge in [0.2, 0.25) is 0 Å². The van der Waals surface area contributed by atoms with Crippen LogP contribution in [0.2, 0.25) is 5.02 Å². The fourth-order valence-electron chi connectivity index (χ4n) is 1.86. The molecule has 3 N–H and O–H groups in total. The second-order valence-corrected chi connectivity index (χ2v) is 4.70. The summed E-state index contributed by atoms with van der Waals surface area (Å²) in [6.45, 7) is 0.165. The number of fused-ring (bicyclic) bond motifs is 1. The van der Waals surface area contributed by atoms with E-state index in [4.69, 9.17) is 22.2 Å². The van der Waals surface area contributed by atoms with Crippen LogP contribution < -0.4 is 16.0 Å². The van der Waals surface area contributed by atoms with E-state index >= 15 is 0 Å². The second-order valence-electron chi connectivity index (χ2n) is 4.27. The van der Waals surface area contributed by atoms with Crippen LogP contribution in [-0.2, 0) is 13.7 Å². The first-order valence-electron chi connectivity index (χ1n) is 6.06. The van der Waals surface area contributed by atoms with Gasteiger partial charge in [0.15, 0.2) is 17.3 Å². The van der Waals surface area contributed by atoms with Gasteiger partial charge in [0.05, 0.1) is 22.8 Å². The number of rotatable bonds is 4. The van der Waals surface area contributed by atoms with Gasteiger partial charge < -0.3 is 10.2 Å². The highest BCUT2D eigenvalue weighted by atomic mass is 35.5. The summed E-state index contributed by atoms with van der Waals surface area (Å²) in [4.78, 5) is 12.6. The molecule has 0 radical (unpaired) electrons. The smallest absolute Gasteiger partial charge is 0.170 e. The average Bonchev–Trinajstić information content (AvgIpc) is 2.86. The van der Waals surface area contributed by atoms with E-state index in [1.807, 2.05) is 0 Å². The maximum absolute atomic E-state index is 5.85. The highest BCUT2D eigenvalue weighted by Gasteiger charge is 2.11. The summed E-state index contributed by atoms with van der Waals surface area (Å²) in [5.74, 6) is 6.98. The molecule has 3 aromatic heterocycles.